The van der Waals surface area contributed by atoms with Gasteiger partial charge in [-0.3, -0.25) is 0 Å². The molecule has 0 N–H and O–H groups in total. The maximum absolute atomic E-state index is 11.8. The van der Waals surface area contributed by atoms with Crippen LogP contribution in [0.2, 0.25) is 0 Å². The van der Waals surface area contributed by atoms with Crippen molar-refractivity contribution in [2.24, 2.45) is 0 Å². The Morgan fingerprint density at radius 1 is 1.00 bits per heavy atom. The van der Waals surface area contributed by atoms with Gasteiger partial charge < -0.3 is 10.2 Å². The fraction of sp³-hybridized carbons (Fsp3) is 0.538. The zero-order valence-electron chi connectivity index (χ0n) is 10.0. The van der Waals surface area contributed by atoms with E-state index < -0.39 is 0 Å². The average molecular weight is 265 g/mol. The molecule has 2 nitrogen and oxygen atoms in total. The van der Waals surface area contributed by atoms with Gasteiger partial charge in [-0.1, -0.05) is 43.9 Å². The third-order valence-corrected chi connectivity index (χ3v) is 2.64. The minimum absolute atomic E-state index is 0. The van der Waals surface area contributed by atoms with Crippen molar-refractivity contribution in [3.8, 4) is 11.5 Å². The summed E-state index contributed by atoms with van der Waals surface area (Å²) in [7, 11) is 0. The first-order valence-corrected chi connectivity index (χ1v) is 5.61. The molecule has 0 unspecified atom stereocenters. The van der Waals surface area contributed by atoms with Crippen molar-refractivity contribution < 1.29 is 26.7 Å². The SMILES string of the molecule is CCCc1cc(C)c([O-])c([O-])c1CCC.[Ni+2]. The topological polar surface area (TPSA) is 46.1 Å². The second kappa shape index (κ2) is 6.80. The summed E-state index contributed by atoms with van der Waals surface area (Å²) in [4.78, 5) is 0. The molecule has 0 aliphatic heterocycles. The summed E-state index contributed by atoms with van der Waals surface area (Å²) in [5.41, 5.74) is 2.40. The summed E-state index contributed by atoms with van der Waals surface area (Å²) in [6, 6.07) is 1.89. The van der Waals surface area contributed by atoms with E-state index in [0.717, 1.165) is 36.8 Å². The molecule has 92 valence electrons. The summed E-state index contributed by atoms with van der Waals surface area (Å²) < 4.78 is 0. The average Bonchev–Trinajstić information content (AvgIpc) is 2.21. The van der Waals surface area contributed by atoms with Crippen LogP contribution in [0.3, 0.4) is 0 Å². The predicted molar refractivity (Wildman–Crippen MR) is 58.1 cm³/mol. The Labute approximate surface area is 108 Å². The van der Waals surface area contributed by atoms with Gasteiger partial charge >= 0.3 is 16.5 Å². The minimum Gasteiger partial charge on any atom is -0.873 e. The summed E-state index contributed by atoms with van der Waals surface area (Å²) in [6.45, 7) is 5.83. The standard InChI is InChI=1S/C13H20O2.Ni/c1-4-6-10-8-9(3)12(14)13(15)11(10)7-5-2;/h8,14-15H,4-7H2,1-3H3;/q;+2/p-2. The van der Waals surface area contributed by atoms with Gasteiger partial charge in [0.2, 0.25) is 0 Å². The van der Waals surface area contributed by atoms with Crippen LogP contribution in [-0.2, 0) is 29.3 Å². The van der Waals surface area contributed by atoms with E-state index in [1.165, 1.54) is 0 Å². The van der Waals surface area contributed by atoms with Crippen molar-refractivity contribution in [2.45, 2.75) is 46.5 Å². The van der Waals surface area contributed by atoms with E-state index >= 15 is 0 Å². The Morgan fingerprint density at radius 3 is 2.06 bits per heavy atom. The van der Waals surface area contributed by atoms with E-state index in [-0.39, 0.29) is 28.0 Å². The van der Waals surface area contributed by atoms with Crippen LogP contribution in [0.1, 0.15) is 43.4 Å². The molecular formula is C13H18NiO2. The molecule has 0 fully saturated rings. The molecule has 0 aromatic heterocycles. The predicted octanol–water partition coefficient (Wildman–Crippen LogP) is 2.04. The molecule has 0 radical (unpaired) electrons. The third kappa shape index (κ3) is 3.15. The summed E-state index contributed by atoms with van der Waals surface area (Å²) >= 11 is 0. The number of rotatable bonds is 4. The second-order valence-corrected chi connectivity index (χ2v) is 3.99. The van der Waals surface area contributed by atoms with Crippen LogP contribution < -0.4 is 10.2 Å². The smallest absolute Gasteiger partial charge is 0.873 e. The van der Waals surface area contributed by atoms with E-state index in [0.29, 0.717) is 5.56 Å². The molecule has 0 atom stereocenters. The molecule has 1 aromatic carbocycles. The minimum atomic E-state index is -0.321. The molecular weight excluding hydrogens is 247 g/mol. The normalized spacial score (nSPS) is 9.94. The van der Waals surface area contributed by atoms with Crippen LogP contribution in [-0.4, -0.2) is 0 Å². The largest absolute Gasteiger partial charge is 2.00 e. The van der Waals surface area contributed by atoms with E-state index in [2.05, 4.69) is 6.92 Å². The Hall–Kier alpha value is -0.686. The van der Waals surface area contributed by atoms with Gasteiger partial charge in [0.1, 0.15) is 0 Å². The van der Waals surface area contributed by atoms with E-state index in [1.54, 1.807) is 6.92 Å². The van der Waals surface area contributed by atoms with Crippen molar-refractivity contribution in [2.75, 3.05) is 0 Å². The molecule has 3 heteroatoms. The fourth-order valence-electron chi connectivity index (χ4n) is 1.89. The third-order valence-electron chi connectivity index (χ3n) is 2.64. The van der Waals surface area contributed by atoms with Gasteiger partial charge in [-0.2, -0.15) is 0 Å². The molecule has 0 aliphatic carbocycles. The van der Waals surface area contributed by atoms with Crippen molar-refractivity contribution in [3.05, 3.63) is 22.8 Å². The van der Waals surface area contributed by atoms with Gasteiger partial charge in [0.25, 0.3) is 0 Å². The Bertz CT molecular complexity index is 348. The van der Waals surface area contributed by atoms with Crippen LogP contribution in [0.15, 0.2) is 6.07 Å². The molecule has 0 saturated carbocycles. The number of hydrogen-bond acceptors (Lipinski definition) is 2. The quantitative estimate of drug-likeness (QED) is 0.782. The van der Waals surface area contributed by atoms with Crippen molar-refractivity contribution in [3.63, 3.8) is 0 Å². The van der Waals surface area contributed by atoms with E-state index in [9.17, 15) is 10.2 Å². The Balaban J connectivity index is 0.00000225. The van der Waals surface area contributed by atoms with Crippen LogP contribution in [0, 0.1) is 6.92 Å². The van der Waals surface area contributed by atoms with Gasteiger partial charge in [0.05, 0.1) is 0 Å². The van der Waals surface area contributed by atoms with Crippen LogP contribution in [0.5, 0.6) is 11.5 Å². The van der Waals surface area contributed by atoms with Gasteiger partial charge in [0, 0.05) is 0 Å². The molecule has 16 heavy (non-hydrogen) atoms. The molecule has 0 amide bonds. The molecule has 0 saturated heterocycles. The molecule has 1 rings (SSSR count). The van der Waals surface area contributed by atoms with E-state index in [1.807, 2.05) is 13.0 Å². The van der Waals surface area contributed by atoms with Crippen molar-refractivity contribution >= 4 is 0 Å². The maximum atomic E-state index is 11.8. The summed E-state index contributed by atoms with van der Waals surface area (Å²) in [5.74, 6) is -0.599. The Kier molecular flexibility index (Phi) is 6.51. The monoisotopic (exact) mass is 264 g/mol. The number of benzene rings is 1. The van der Waals surface area contributed by atoms with Crippen LogP contribution in [0.25, 0.3) is 0 Å². The van der Waals surface area contributed by atoms with Crippen LogP contribution in [0.4, 0.5) is 0 Å². The maximum Gasteiger partial charge on any atom is 2.00 e. The van der Waals surface area contributed by atoms with Crippen LogP contribution >= 0.6 is 0 Å². The summed E-state index contributed by atoms with van der Waals surface area (Å²) in [6.07, 6.45) is 3.54. The second-order valence-electron chi connectivity index (χ2n) is 3.99. The molecule has 0 bridgehead atoms. The number of hydrogen-bond donors (Lipinski definition) is 0. The van der Waals surface area contributed by atoms with E-state index in [4.69, 9.17) is 0 Å². The zero-order chi connectivity index (χ0) is 11.4. The molecule has 1 aromatic rings. The van der Waals surface area contributed by atoms with Crippen molar-refractivity contribution in [1.29, 1.82) is 0 Å². The van der Waals surface area contributed by atoms with Gasteiger partial charge in [-0.05, 0) is 25.3 Å². The molecule has 0 spiro atoms. The number of aryl methyl sites for hydroxylation is 2. The first-order valence-electron chi connectivity index (χ1n) is 5.61. The molecule has 0 heterocycles. The van der Waals surface area contributed by atoms with Gasteiger partial charge in [-0.25, -0.2) is 0 Å². The first kappa shape index (κ1) is 15.3. The first-order chi connectivity index (χ1) is 7.11. The fourth-order valence-corrected chi connectivity index (χ4v) is 1.89. The Morgan fingerprint density at radius 2 is 1.56 bits per heavy atom. The molecule has 0 aliphatic rings. The summed E-state index contributed by atoms with van der Waals surface area (Å²) in [5, 5.41) is 23.3. The van der Waals surface area contributed by atoms with Crippen molar-refractivity contribution in [1.82, 2.24) is 0 Å². The van der Waals surface area contributed by atoms with Gasteiger partial charge in [-0.15, -0.1) is 11.5 Å². The van der Waals surface area contributed by atoms with Gasteiger partial charge in [0.15, 0.2) is 0 Å². The zero-order valence-corrected chi connectivity index (χ0v) is 11.0.